The van der Waals surface area contributed by atoms with Crippen molar-refractivity contribution in [2.24, 2.45) is 7.05 Å². The van der Waals surface area contributed by atoms with Gasteiger partial charge in [-0.15, -0.1) is 5.10 Å². The van der Waals surface area contributed by atoms with Crippen molar-refractivity contribution < 1.29 is 9.90 Å². The maximum Gasteiger partial charge on any atom is 0.304 e. The van der Waals surface area contributed by atoms with Crippen LogP contribution in [0.2, 0.25) is 0 Å². The topological polar surface area (TPSA) is 71.2 Å². The van der Waals surface area contributed by atoms with Crippen molar-refractivity contribution in [1.29, 1.82) is 0 Å². The Hall–Kier alpha value is -1.43. The highest BCUT2D eigenvalue weighted by atomic mass is 16.4. The van der Waals surface area contributed by atoms with Gasteiger partial charge in [-0.2, -0.15) is 0 Å². The summed E-state index contributed by atoms with van der Waals surface area (Å²) in [6.45, 7) is 1.15. The molecule has 0 aliphatic rings. The van der Waals surface area contributed by atoms with Crippen LogP contribution in [0, 0.1) is 0 Å². The maximum atomic E-state index is 10.3. The van der Waals surface area contributed by atoms with Crippen LogP contribution in [0.5, 0.6) is 0 Å². The summed E-state index contributed by atoms with van der Waals surface area (Å²) >= 11 is 0. The Morgan fingerprint density at radius 1 is 1.71 bits per heavy atom. The summed E-state index contributed by atoms with van der Waals surface area (Å²) in [5.74, 6) is -0.781. The Kier molecular flexibility index (Phi) is 3.58. The monoisotopic (exact) mass is 198 g/mol. The fourth-order valence-corrected chi connectivity index (χ4v) is 1.11. The van der Waals surface area contributed by atoms with Gasteiger partial charge in [-0.05, 0) is 7.05 Å². The van der Waals surface area contributed by atoms with E-state index in [9.17, 15) is 4.79 Å². The summed E-state index contributed by atoms with van der Waals surface area (Å²) < 4.78 is 1.63. The Balaban J connectivity index is 2.33. The molecule has 14 heavy (non-hydrogen) atoms. The first-order valence-electron chi connectivity index (χ1n) is 4.33. The molecule has 1 aromatic heterocycles. The molecule has 1 aromatic rings. The molecule has 78 valence electrons. The molecule has 0 aromatic carbocycles. The summed E-state index contributed by atoms with van der Waals surface area (Å²) in [5.41, 5.74) is 0.848. The second kappa shape index (κ2) is 4.71. The van der Waals surface area contributed by atoms with E-state index in [0.717, 1.165) is 5.69 Å². The quantitative estimate of drug-likeness (QED) is 0.704. The Morgan fingerprint density at radius 2 is 2.43 bits per heavy atom. The molecule has 1 heterocycles. The van der Waals surface area contributed by atoms with Crippen LogP contribution in [0.25, 0.3) is 0 Å². The smallest absolute Gasteiger partial charge is 0.304 e. The van der Waals surface area contributed by atoms with E-state index >= 15 is 0 Å². The molecule has 0 saturated carbocycles. The molecule has 0 aliphatic carbocycles. The second-order valence-corrected chi connectivity index (χ2v) is 3.27. The van der Waals surface area contributed by atoms with Crippen molar-refractivity contribution in [2.45, 2.75) is 13.0 Å². The molecule has 1 rings (SSSR count). The molecule has 0 aliphatic heterocycles. The van der Waals surface area contributed by atoms with Gasteiger partial charge in [-0.1, -0.05) is 5.21 Å². The van der Waals surface area contributed by atoms with Gasteiger partial charge in [0.05, 0.1) is 12.1 Å². The largest absolute Gasteiger partial charge is 0.481 e. The average Bonchev–Trinajstić information content (AvgIpc) is 2.48. The molecule has 0 bridgehead atoms. The number of carboxylic acids is 1. The van der Waals surface area contributed by atoms with Crippen LogP contribution in [-0.4, -0.2) is 44.6 Å². The van der Waals surface area contributed by atoms with Crippen molar-refractivity contribution in [1.82, 2.24) is 19.9 Å². The first-order chi connectivity index (χ1) is 6.58. The molecule has 0 unspecified atom stereocenters. The van der Waals surface area contributed by atoms with Crippen LogP contribution in [-0.2, 0) is 18.4 Å². The van der Waals surface area contributed by atoms with Crippen molar-refractivity contribution in [3.63, 3.8) is 0 Å². The molecular formula is C8H14N4O2. The number of nitrogens with zero attached hydrogens (tertiary/aromatic N) is 4. The van der Waals surface area contributed by atoms with Crippen molar-refractivity contribution in [3.8, 4) is 0 Å². The van der Waals surface area contributed by atoms with Gasteiger partial charge in [0.25, 0.3) is 0 Å². The fraction of sp³-hybridized carbons (Fsp3) is 0.625. The third-order valence-electron chi connectivity index (χ3n) is 1.79. The summed E-state index contributed by atoms with van der Waals surface area (Å²) in [5, 5.41) is 16.2. The number of hydrogen-bond donors (Lipinski definition) is 1. The van der Waals surface area contributed by atoms with E-state index in [1.807, 2.05) is 18.1 Å². The molecule has 0 amide bonds. The number of carbonyl (C=O) groups is 1. The number of rotatable bonds is 5. The SMILES string of the molecule is CN(CCC(=O)O)Cc1cn(C)nn1. The predicted molar refractivity (Wildman–Crippen MR) is 49.6 cm³/mol. The lowest BCUT2D eigenvalue weighted by molar-refractivity contribution is -0.137. The fourth-order valence-electron chi connectivity index (χ4n) is 1.11. The Morgan fingerprint density at radius 3 is 2.93 bits per heavy atom. The average molecular weight is 198 g/mol. The third kappa shape index (κ3) is 3.53. The van der Waals surface area contributed by atoms with Gasteiger partial charge in [0.2, 0.25) is 0 Å². The van der Waals surface area contributed by atoms with Gasteiger partial charge < -0.3 is 5.11 Å². The van der Waals surface area contributed by atoms with Gasteiger partial charge in [0.15, 0.2) is 0 Å². The zero-order chi connectivity index (χ0) is 10.6. The summed E-state index contributed by atoms with van der Waals surface area (Å²) in [7, 11) is 3.66. The molecule has 0 radical (unpaired) electrons. The standard InChI is InChI=1S/C8H14N4O2/c1-11(4-3-8(13)14)5-7-6-12(2)10-9-7/h6H,3-5H2,1-2H3,(H,13,14). The van der Waals surface area contributed by atoms with Gasteiger partial charge in [0, 0.05) is 26.3 Å². The molecule has 6 heteroatoms. The minimum atomic E-state index is -0.781. The van der Waals surface area contributed by atoms with Crippen LogP contribution < -0.4 is 0 Å². The predicted octanol–water partition coefficient (Wildman–Crippen LogP) is -0.278. The van der Waals surface area contributed by atoms with Gasteiger partial charge in [-0.25, -0.2) is 0 Å². The van der Waals surface area contributed by atoms with E-state index in [2.05, 4.69) is 10.3 Å². The Labute approximate surface area is 82.1 Å². The zero-order valence-corrected chi connectivity index (χ0v) is 8.34. The van der Waals surface area contributed by atoms with Crippen molar-refractivity contribution in [2.75, 3.05) is 13.6 Å². The van der Waals surface area contributed by atoms with Crippen LogP contribution in [0.15, 0.2) is 6.20 Å². The second-order valence-electron chi connectivity index (χ2n) is 3.27. The normalized spacial score (nSPS) is 10.8. The van der Waals surface area contributed by atoms with Gasteiger partial charge >= 0.3 is 5.97 Å². The van der Waals surface area contributed by atoms with Gasteiger partial charge in [-0.3, -0.25) is 14.4 Å². The minimum Gasteiger partial charge on any atom is -0.481 e. The summed E-state index contributed by atoms with van der Waals surface area (Å²) in [6.07, 6.45) is 1.97. The summed E-state index contributed by atoms with van der Waals surface area (Å²) in [4.78, 5) is 12.2. The van der Waals surface area contributed by atoms with Crippen LogP contribution >= 0.6 is 0 Å². The molecule has 0 spiro atoms. The molecule has 0 saturated heterocycles. The molecule has 6 nitrogen and oxygen atoms in total. The van der Waals surface area contributed by atoms with Gasteiger partial charge in [0.1, 0.15) is 0 Å². The van der Waals surface area contributed by atoms with Crippen LogP contribution in [0.4, 0.5) is 0 Å². The minimum absolute atomic E-state index is 0.150. The number of aliphatic carboxylic acids is 1. The Bertz CT molecular complexity index is 310. The van der Waals surface area contributed by atoms with E-state index in [0.29, 0.717) is 13.1 Å². The maximum absolute atomic E-state index is 10.3. The lowest BCUT2D eigenvalue weighted by Gasteiger charge is -2.12. The highest BCUT2D eigenvalue weighted by Crippen LogP contribution is 1.98. The highest BCUT2D eigenvalue weighted by molar-refractivity contribution is 5.66. The number of aryl methyl sites for hydroxylation is 1. The molecule has 1 N–H and O–H groups in total. The van der Waals surface area contributed by atoms with Crippen molar-refractivity contribution >= 4 is 5.97 Å². The molecule has 0 fully saturated rings. The van der Waals surface area contributed by atoms with E-state index in [1.165, 1.54) is 0 Å². The van der Waals surface area contributed by atoms with E-state index in [-0.39, 0.29) is 6.42 Å². The molecular weight excluding hydrogens is 184 g/mol. The van der Waals surface area contributed by atoms with Crippen molar-refractivity contribution in [3.05, 3.63) is 11.9 Å². The number of hydrogen-bond acceptors (Lipinski definition) is 4. The number of carboxylic acid groups (broad SMARTS) is 1. The van der Waals surface area contributed by atoms with Crippen LogP contribution in [0.3, 0.4) is 0 Å². The van der Waals surface area contributed by atoms with E-state index < -0.39 is 5.97 Å². The lowest BCUT2D eigenvalue weighted by atomic mass is 10.3. The van der Waals surface area contributed by atoms with E-state index in [4.69, 9.17) is 5.11 Å². The lowest BCUT2D eigenvalue weighted by Crippen LogP contribution is -2.21. The first-order valence-corrected chi connectivity index (χ1v) is 4.33. The summed E-state index contributed by atoms with van der Waals surface area (Å²) in [6, 6.07) is 0. The highest BCUT2D eigenvalue weighted by Gasteiger charge is 2.05. The zero-order valence-electron chi connectivity index (χ0n) is 8.34. The van der Waals surface area contributed by atoms with E-state index in [1.54, 1.807) is 11.7 Å². The number of aromatic nitrogens is 3. The first kappa shape index (κ1) is 10.6. The van der Waals surface area contributed by atoms with Crippen LogP contribution in [0.1, 0.15) is 12.1 Å². The molecule has 0 atom stereocenters. The third-order valence-corrected chi connectivity index (χ3v) is 1.79.